The molecule has 0 unspecified atom stereocenters. The van der Waals surface area contributed by atoms with Gasteiger partial charge in [0.2, 0.25) is 17.6 Å². The van der Waals surface area contributed by atoms with Crippen LogP contribution in [0.15, 0.2) is 78.9 Å². The zero-order valence-electron chi connectivity index (χ0n) is 16.3. The van der Waals surface area contributed by atoms with Crippen LogP contribution in [0.5, 0.6) is 11.5 Å². The summed E-state index contributed by atoms with van der Waals surface area (Å²) < 4.78 is 5.85. The van der Waals surface area contributed by atoms with Crippen LogP contribution in [0, 0.1) is 0 Å². The monoisotopic (exact) mass is 414 g/mol. The number of carbonyl (C=O) groups excluding carboxylic acids is 2. The molecule has 3 N–H and O–H groups in total. The molecule has 0 radical (unpaired) electrons. The summed E-state index contributed by atoms with van der Waals surface area (Å²) in [6.45, 7) is -0.133. The molecule has 4 rings (SSSR count). The summed E-state index contributed by atoms with van der Waals surface area (Å²) in [7, 11) is 0. The van der Waals surface area contributed by atoms with Gasteiger partial charge < -0.3 is 15.8 Å². The summed E-state index contributed by atoms with van der Waals surface area (Å²) in [6, 6.07) is 22.9. The van der Waals surface area contributed by atoms with Crippen LogP contribution in [0.4, 0.5) is 5.69 Å². The van der Waals surface area contributed by atoms with E-state index in [9.17, 15) is 9.59 Å². The molecule has 31 heavy (non-hydrogen) atoms. The van der Waals surface area contributed by atoms with E-state index in [1.54, 1.807) is 42.5 Å². The summed E-state index contributed by atoms with van der Waals surface area (Å²) in [5, 5.41) is 14.9. The first kappa shape index (κ1) is 19.8. The maximum Gasteiger partial charge on any atom is 0.248 e. The molecule has 3 aromatic carbocycles. The molecule has 0 aliphatic heterocycles. The fourth-order valence-electron chi connectivity index (χ4n) is 2.80. The number of anilines is 1. The van der Waals surface area contributed by atoms with E-state index in [2.05, 4.69) is 20.7 Å². The number of carbonyl (C=O) groups is 2. The van der Waals surface area contributed by atoms with Crippen molar-refractivity contribution in [1.82, 2.24) is 20.2 Å². The molecule has 0 bridgehead atoms. The number of hydrogen-bond acceptors (Lipinski definition) is 6. The van der Waals surface area contributed by atoms with Gasteiger partial charge in [0.15, 0.2) is 5.75 Å². The minimum atomic E-state index is -0.517. The molecule has 9 heteroatoms. The molecular formula is C22H18N6O3. The quantitative estimate of drug-likeness (QED) is 0.479. The van der Waals surface area contributed by atoms with Crippen molar-refractivity contribution >= 4 is 17.5 Å². The average molecular weight is 414 g/mol. The maximum atomic E-state index is 12.5. The molecule has 0 aliphatic rings. The lowest BCUT2D eigenvalue weighted by molar-refractivity contribution is -0.117. The summed E-state index contributed by atoms with van der Waals surface area (Å²) in [5.41, 5.74) is 6.80. The Balaban J connectivity index is 1.42. The Kier molecular flexibility index (Phi) is 5.66. The largest absolute Gasteiger partial charge is 0.455 e. The minimum Gasteiger partial charge on any atom is -0.455 e. The van der Waals surface area contributed by atoms with Crippen molar-refractivity contribution in [2.75, 3.05) is 5.32 Å². The Hall–Kier alpha value is -4.53. The van der Waals surface area contributed by atoms with Crippen LogP contribution in [0.25, 0.3) is 11.4 Å². The Morgan fingerprint density at radius 1 is 0.935 bits per heavy atom. The van der Waals surface area contributed by atoms with Gasteiger partial charge in [-0.3, -0.25) is 9.59 Å². The zero-order valence-corrected chi connectivity index (χ0v) is 16.3. The highest BCUT2D eigenvalue weighted by Crippen LogP contribution is 2.29. The van der Waals surface area contributed by atoms with Gasteiger partial charge in [-0.25, -0.2) is 0 Å². The molecule has 1 aromatic heterocycles. The second-order valence-corrected chi connectivity index (χ2v) is 6.54. The third-order valence-corrected chi connectivity index (χ3v) is 4.30. The van der Waals surface area contributed by atoms with Crippen molar-refractivity contribution in [2.24, 2.45) is 5.73 Å². The Labute approximate surface area is 177 Å². The van der Waals surface area contributed by atoms with Crippen molar-refractivity contribution in [2.45, 2.75) is 6.54 Å². The van der Waals surface area contributed by atoms with Crippen LogP contribution >= 0.6 is 0 Å². The van der Waals surface area contributed by atoms with Crippen LogP contribution in [-0.2, 0) is 11.3 Å². The van der Waals surface area contributed by atoms with Gasteiger partial charge in [-0.1, -0.05) is 42.5 Å². The SMILES string of the molecule is NC(=O)c1ccc(-c2nnn(CC(=O)Nc3ccccc3Oc3ccccc3)n2)cc1. The van der Waals surface area contributed by atoms with Gasteiger partial charge >= 0.3 is 0 Å². The first-order valence-electron chi connectivity index (χ1n) is 9.38. The summed E-state index contributed by atoms with van der Waals surface area (Å²) in [6.07, 6.45) is 0. The molecule has 4 aromatic rings. The van der Waals surface area contributed by atoms with E-state index in [0.717, 1.165) is 0 Å². The number of hydrogen-bond donors (Lipinski definition) is 2. The molecule has 154 valence electrons. The lowest BCUT2D eigenvalue weighted by Crippen LogP contribution is -2.20. The van der Waals surface area contributed by atoms with E-state index < -0.39 is 5.91 Å². The molecule has 2 amide bonds. The molecule has 0 saturated carbocycles. The number of ether oxygens (including phenoxy) is 1. The highest BCUT2D eigenvalue weighted by Gasteiger charge is 2.12. The third kappa shape index (κ3) is 4.91. The second kappa shape index (κ2) is 8.87. The van der Waals surface area contributed by atoms with Crippen molar-refractivity contribution in [3.8, 4) is 22.9 Å². The van der Waals surface area contributed by atoms with E-state index in [-0.39, 0.29) is 12.5 Å². The average Bonchev–Trinajstić information content (AvgIpc) is 3.24. The van der Waals surface area contributed by atoms with Gasteiger partial charge in [-0.05, 0) is 41.6 Å². The highest BCUT2D eigenvalue weighted by molar-refractivity contribution is 5.93. The zero-order chi connectivity index (χ0) is 21.6. The molecule has 0 saturated heterocycles. The number of amides is 2. The molecular weight excluding hydrogens is 396 g/mol. The van der Waals surface area contributed by atoms with Crippen LogP contribution in [0.3, 0.4) is 0 Å². The summed E-state index contributed by atoms with van der Waals surface area (Å²) in [5.74, 6) is 0.656. The number of nitrogens with one attached hydrogen (secondary N) is 1. The van der Waals surface area contributed by atoms with Gasteiger partial charge in [0.05, 0.1) is 5.69 Å². The van der Waals surface area contributed by atoms with E-state index >= 15 is 0 Å². The number of benzene rings is 3. The van der Waals surface area contributed by atoms with E-state index in [0.29, 0.717) is 34.1 Å². The Morgan fingerprint density at radius 2 is 1.65 bits per heavy atom. The van der Waals surface area contributed by atoms with Crippen molar-refractivity contribution in [3.05, 3.63) is 84.4 Å². The van der Waals surface area contributed by atoms with Crippen LogP contribution in [0.1, 0.15) is 10.4 Å². The minimum absolute atomic E-state index is 0.133. The lowest BCUT2D eigenvalue weighted by Gasteiger charge is -2.11. The number of aromatic nitrogens is 4. The van der Waals surface area contributed by atoms with E-state index in [4.69, 9.17) is 10.5 Å². The number of tetrazole rings is 1. The van der Waals surface area contributed by atoms with Gasteiger partial charge in [-0.15, -0.1) is 10.2 Å². The number of rotatable bonds is 7. The second-order valence-electron chi connectivity index (χ2n) is 6.54. The number of nitrogens with zero attached hydrogens (tertiary/aromatic N) is 4. The molecule has 0 aliphatic carbocycles. The van der Waals surface area contributed by atoms with Gasteiger partial charge in [0, 0.05) is 11.1 Å². The van der Waals surface area contributed by atoms with Gasteiger partial charge in [-0.2, -0.15) is 4.80 Å². The van der Waals surface area contributed by atoms with E-state index in [1.165, 1.54) is 4.80 Å². The molecule has 9 nitrogen and oxygen atoms in total. The lowest BCUT2D eigenvalue weighted by atomic mass is 10.1. The number of para-hydroxylation sites is 3. The van der Waals surface area contributed by atoms with Crippen molar-refractivity contribution in [1.29, 1.82) is 0 Å². The van der Waals surface area contributed by atoms with Crippen molar-refractivity contribution in [3.63, 3.8) is 0 Å². The summed E-state index contributed by atoms with van der Waals surface area (Å²) >= 11 is 0. The Bertz CT molecular complexity index is 1210. The number of primary amides is 1. The molecule has 1 heterocycles. The topological polar surface area (TPSA) is 125 Å². The highest BCUT2D eigenvalue weighted by atomic mass is 16.5. The van der Waals surface area contributed by atoms with Gasteiger partial charge in [0.1, 0.15) is 12.3 Å². The van der Waals surface area contributed by atoms with Crippen LogP contribution in [-0.4, -0.2) is 32.0 Å². The standard InChI is InChI=1S/C22H18N6O3/c23-21(30)15-10-12-16(13-11-15)22-25-27-28(26-22)14-20(29)24-18-8-4-5-9-19(18)31-17-6-2-1-3-7-17/h1-13H,14H2,(H2,23,30)(H,24,29). The Morgan fingerprint density at radius 3 is 2.39 bits per heavy atom. The van der Waals surface area contributed by atoms with Crippen LogP contribution in [0.2, 0.25) is 0 Å². The fraction of sp³-hybridized carbons (Fsp3) is 0.0455. The predicted molar refractivity (Wildman–Crippen MR) is 113 cm³/mol. The smallest absolute Gasteiger partial charge is 0.248 e. The van der Waals surface area contributed by atoms with E-state index in [1.807, 2.05) is 36.4 Å². The first-order valence-corrected chi connectivity index (χ1v) is 9.38. The number of nitrogens with two attached hydrogens (primary N) is 1. The normalized spacial score (nSPS) is 10.5. The van der Waals surface area contributed by atoms with Gasteiger partial charge in [0.25, 0.3) is 0 Å². The molecule has 0 spiro atoms. The summed E-state index contributed by atoms with van der Waals surface area (Å²) in [4.78, 5) is 24.9. The maximum absolute atomic E-state index is 12.5. The van der Waals surface area contributed by atoms with Crippen molar-refractivity contribution < 1.29 is 14.3 Å². The predicted octanol–water partition coefficient (Wildman–Crippen LogP) is 2.87. The molecule has 0 fully saturated rings. The third-order valence-electron chi connectivity index (χ3n) is 4.30. The fourth-order valence-corrected chi connectivity index (χ4v) is 2.80. The van der Waals surface area contributed by atoms with Crippen LogP contribution < -0.4 is 15.8 Å². The first-order chi connectivity index (χ1) is 15.1. The molecule has 0 atom stereocenters.